The molecule has 2 aromatic carbocycles. The Hall–Kier alpha value is -2.92. The third-order valence-electron chi connectivity index (χ3n) is 4.08. The molecule has 0 atom stereocenters. The molecule has 0 unspecified atom stereocenters. The minimum Gasteiger partial charge on any atom is -0.378 e. The van der Waals surface area contributed by atoms with Crippen LogP contribution in [-0.4, -0.2) is 9.97 Å². The first-order chi connectivity index (χ1) is 12.2. The molecule has 0 aliphatic heterocycles. The van der Waals surface area contributed by atoms with E-state index in [1.54, 1.807) is 11.3 Å². The number of thiophene rings is 1. The first-order valence-corrected chi connectivity index (χ1v) is 8.90. The first-order valence-electron chi connectivity index (χ1n) is 8.09. The Morgan fingerprint density at radius 3 is 2.44 bits per heavy atom. The molecule has 2 aromatic heterocycles. The SMILES string of the molecule is Cc1sc2nc(CNc3ccccc3)[nH]c(=O)c2c1-c1ccccc1. The van der Waals surface area contributed by atoms with Crippen molar-refractivity contribution in [1.82, 2.24) is 9.97 Å². The van der Waals surface area contributed by atoms with Crippen molar-refractivity contribution in [2.45, 2.75) is 13.5 Å². The van der Waals surface area contributed by atoms with Crippen LogP contribution >= 0.6 is 11.3 Å². The molecule has 0 saturated heterocycles. The van der Waals surface area contributed by atoms with Crippen molar-refractivity contribution in [3.8, 4) is 11.1 Å². The number of aryl methyl sites for hydroxylation is 1. The summed E-state index contributed by atoms with van der Waals surface area (Å²) in [6, 6.07) is 19.9. The van der Waals surface area contributed by atoms with Crippen molar-refractivity contribution < 1.29 is 0 Å². The largest absolute Gasteiger partial charge is 0.378 e. The number of H-pyrrole nitrogens is 1. The number of fused-ring (bicyclic) bond motifs is 1. The maximum absolute atomic E-state index is 12.7. The predicted octanol–water partition coefficient (Wildman–Crippen LogP) is 4.57. The third kappa shape index (κ3) is 3.06. The molecule has 25 heavy (non-hydrogen) atoms. The number of hydrogen-bond acceptors (Lipinski definition) is 4. The highest BCUT2D eigenvalue weighted by Crippen LogP contribution is 2.35. The van der Waals surface area contributed by atoms with Crippen LogP contribution in [0.15, 0.2) is 65.5 Å². The van der Waals surface area contributed by atoms with E-state index in [-0.39, 0.29) is 5.56 Å². The Kier molecular flexibility index (Phi) is 4.07. The summed E-state index contributed by atoms with van der Waals surface area (Å²) >= 11 is 1.56. The molecule has 124 valence electrons. The molecule has 0 radical (unpaired) electrons. The number of nitrogens with one attached hydrogen (secondary N) is 2. The standard InChI is InChI=1S/C20H17N3OS/c1-13-17(14-8-4-2-5-9-14)18-19(24)22-16(23-20(18)25-13)12-21-15-10-6-3-7-11-15/h2-11,21H,12H2,1H3,(H,22,23,24). The lowest BCUT2D eigenvalue weighted by atomic mass is 10.0. The molecule has 2 N–H and O–H groups in total. The second kappa shape index (κ2) is 6.53. The lowest BCUT2D eigenvalue weighted by molar-refractivity contribution is 0.957. The minimum absolute atomic E-state index is 0.0851. The monoisotopic (exact) mass is 347 g/mol. The highest BCUT2D eigenvalue weighted by Gasteiger charge is 2.16. The highest BCUT2D eigenvalue weighted by molar-refractivity contribution is 7.19. The summed E-state index contributed by atoms with van der Waals surface area (Å²) in [4.78, 5) is 22.2. The number of anilines is 1. The van der Waals surface area contributed by atoms with Gasteiger partial charge >= 0.3 is 0 Å². The summed E-state index contributed by atoms with van der Waals surface area (Å²) in [5.41, 5.74) is 2.95. The summed E-state index contributed by atoms with van der Waals surface area (Å²) < 4.78 is 0. The Morgan fingerprint density at radius 1 is 1.04 bits per heavy atom. The van der Waals surface area contributed by atoms with E-state index in [9.17, 15) is 4.79 Å². The zero-order valence-corrected chi connectivity index (χ0v) is 14.6. The van der Waals surface area contributed by atoms with E-state index in [1.165, 1.54) is 0 Å². The number of nitrogens with zero attached hydrogens (tertiary/aromatic N) is 1. The molecule has 0 saturated carbocycles. The molecular formula is C20H17N3OS. The van der Waals surface area contributed by atoms with Crippen LogP contribution in [0.25, 0.3) is 21.3 Å². The summed E-state index contributed by atoms with van der Waals surface area (Å²) in [6.45, 7) is 2.52. The van der Waals surface area contributed by atoms with E-state index in [0.717, 1.165) is 26.5 Å². The quantitative estimate of drug-likeness (QED) is 0.568. The number of hydrogen-bond donors (Lipinski definition) is 2. The van der Waals surface area contributed by atoms with Crippen LogP contribution in [-0.2, 0) is 6.54 Å². The molecule has 0 spiro atoms. The van der Waals surface area contributed by atoms with Crippen molar-refractivity contribution >= 4 is 27.2 Å². The Morgan fingerprint density at radius 2 is 1.72 bits per heavy atom. The van der Waals surface area contributed by atoms with E-state index in [4.69, 9.17) is 0 Å². The molecule has 0 aliphatic rings. The number of para-hydroxylation sites is 1. The minimum atomic E-state index is -0.0851. The predicted molar refractivity (Wildman–Crippen MR) is 104 cm³/mol. The molecule has 0 fully saturated rings. The van der Waals surface area contributed by atoms with E-state index < -0.39 is 0 Å². The summed E-state index contributed by atoms with van der Waals surface area (Å²) in [5, 5.41) is 3.96. The molecule has 2 heterocycles. The van der Waals surface area contributed by atoms with Crippen molar-refractivity contribution in [2.75, 3.05) is 5.32 Å². The molecule has 5 heteroatoms. The van der Waals surface area contributed by atoms with Crippen molar-refractivity contribution in [1.29, 1.82) is 0 Å². The maximum Gasteiger partial charge on any atom is 0.260 e. The van der Waals surface area contributed by atoms with Crippen LogP contribution in [0.4, 0.5) is 5.69 Å². The summed E-state index contributed by atoms with van der Waals surface area (Å²) in [6.07, 6.45) is 0. The van der Waals surface area contributed by atoms with Gasteiger partial charge in [0.1, 0.15) is 10.7 Å². The van der Waals surface area contributed by atoms with Crippen LogP contribution in [0.5, 0.6) is 0 Å². The molecule has 0 amide bonds. The van der Waals surface area contributed by atoms with Crippen molar-refractivity contribution in [2.24, 2.45) is 0 Å². The topological polar surface area (TPSA) is 57.8 Å². The maximum atomic E-state index is 12.7. The fourth-order valence-corrected chi connectivity index (χ4v) is 4.01. The van der Waals surface area contributed by atoms with E-state index in [0.29, 0.717) is 17.8 Å². The van der Waals surface area contributed by atoms with Gasteiger partial charge in [0.25, 0.3) is 5.56 Å². The van der Waals surface area contributed by atoms with Crippen LogP contribution in [0.1, 0.15) is 10.7 Å². The van der Waals surface area contributed by atoms with Gasteiger partial charge in [0.05, 0.1) is 11.9 Å². The molecule has 4 rings (SSSR count). The molecule has 0 aliphatic carbocycles. The summed E-state index contributed by atoms with van der Waals surface area (Å²) in [7, 11) is 0. The zero-order chi connectivity index (χ0) is 17.2. The van der Waals surface area contributed by atoms with Gasteiger partial charge in [-0.3, -0.25) is 4.79 Å². The second-order valence-corrected chi connectivity index (χ2v) is 7.01. The average molecular weight is 347 g/mol. The van der Waals surface area contributed by atoms with Gasteiger partial charge < -0.3 is 10.3 Å². The number of aromatic amines is 1. The van der Waals surface area contributed by atoms with Gasteiger partial charge in [-0.25, -0.2) is 4.98 Å². The van der Waals surface area contributed by atoms with Gasteiger partial charge in [-0.15, -0.1) is 11.3 Å². The molecule has 0 bridgehead atoms. The van der Waals surface area contributed by atoms with Gasteiger partial charge in [0, 0.05) is 16.1 Å². The number of rotatable bonds is 4. The van der Waals surface area contributed by atoms with E-state index in [2.05, 4.69) is 15.3 Å². The van der Waals surface area contributed by atoms with Crippen molar-refractivity contribution in [3.63, 3.8) is 0 Å². The number of benzene rings is 2. The highest BCUT2D eigenvalue weighted by atomic mass is 32.1. The first kappa shape index (κ1) is 15.6. The lowest BCUT2D eigenvalue weighted by Gasteiger charge is -2.06. The van der Waals surface area contributed by atoms with Gasteiger partial charge in [0.15, 0.2) is 0 Å². The smallest absolute Gasteiger partial charge is 0.260 e. The Balaban J connectivity index is 1.73. The molecule has 4 nitrogen and oxygen atoms in total. The van der Waals surface area contributed by atoms with E-state index in [1.807, 2.05) is 67.6 Å². The fraction of sp³-hybridized carbons (Fsp3) is 0.100. The van der Waals surface area contributed by atoms with Crippen LogP contribution in [0, 0.1) is 6.92 Å². The second-order valence-electron chi connectivity index (χ2n) is 5.81. The Bertz CT molecular complexity index is 1070. The van der Waals surface area contributed by atoms with Crippen LogP contribution < -0.4 is 10.9 Å². The van der Waals surface area contributed by atoms with Gasteiger partial charge in [-0.1, -0.05) is 48.5 Å². The van der Waals surface area contributed by atoms with Crippen LogP contribution in [0.3, 0.4) is 0 Å². The normalized spacial score (nSPS) is 10.9. The third-order valence-corrected chi connectivity index (χ3v) is 5.08. The number of aromatic nitrogens is 2. The summed E-state index contributed by atoms with van der Waals surface area (Å²) in [5.74, 6) is 0.641. The average Bonchev–Trinajstić information content (AvgIpc) is 2.98. The van der Waals surface area contributed by atoms with Gasteiger partial charge in [-0.2, -0.15) is 0 Å². The zero-order valence-electron chi connectivity index (χ0n) is 13.7. The van der Waals surface area contributed by atoms with Crippen LogP contribution in [0.2, 0.25) is 0 Å². The van der Waals surface area contributed by atoms with E-state index >= 15 is 0 Å². The Labute approximate surface area is 149 Å². The molecule has 4 aromatic rings. The lowest BCUT2D eigenvalue weighted by Crippen LogP contribution is -2.14. The molecular weight excluding hydrogens is 330 g/mol. The van der Waals surface area contributed by atoms with Gasteiger partial charge in [0.2, 0.25) is 0 Å². The van der Waals surface area contributed by atoms with Crippen molar-refractivity contribution in [3.05, 3.63) is 81.7 Å². The van der Waals surface area contributed by atoms with Gasteiger partial charge in [-0.05, 0) is 24.6 Å². The fourth-order valence-electron chi connectivity index (χ4n) is 2.94.